The van der Waals surface area contributed by atoms with Crippen molar-refractivity contribution in [2.24, 2.45) is 0 Å². The number of hydrogen-bond donors (Lipinski definition) is 1. The van der Waals surface area contributed by atoms with Crippen LogP contribution in [0.2, 0.25) is 5.02 Å². The second-order valence-electron chi connectivity index (χ2n) is 4.70. The van der Waals surface area contributed by atoms with E-state index in [4.69, 9.17) is 11.6 Å². The van der Waals surface area contributed by atoms with Crippen LogP contribution in [0.15, 0.2) is 40.9 Å². The van der Waals surface area contributed by atoms with Gasteiger partial charge in [-0.2, -0.15) is 0 Å². The molecule has 0 aliphatic carbocycles. The molecule has 1 unspecified atom stereocenters. The van der Waals surface area contributed by atoms with E-state index in [1.54, 1.807) is 18.2 Å². The third kappa shape index (κ3) is 4.02. The van der Waals surface area contributed by atoms with Crippen LogP contribution in [0.1, 0.15) is 24.1 Å². The van der Waals surface area contributed by atoms with Gasteiger partial charge in [0.05, 0.1) is 9.50 Å². The maximum absolute atomic E-state index is 13.6. The molecule has 0 heterocycles. The topological polar surface area (TPSA) is 12.0 Å². The molecule has 0 spiro atoms. The van der Waals surface area contributed by atoms with Crippen LogP contribution < -0.4 is 5.32 Å². The summed E-state index contributed by atoms with van der Waals surface area (Å²) in [4.78, 5) is 0. The predicted molar refractivity (Wildman–Crippen MR) is 85.6 cm³/mol. The number of halogens is 4. The highest BCUT2D eigenvalue weighted by atomic mass is 79.9. The molecule has 112 valence electrons. The van der Waals surface area contributed by atoms with Crippen LogP contribution in [0.3, 0.4) is 0 Å². The lowest BCUT2D eigenvalue weighted by molar-refractivity contribution is 0.542. The van der Waals surface area contributed by atoms with Crippen molar-refractivity contribution >= 4 is 27.5 Å². The van der Waals surface area contributed by atoms with E-state index >= 15 is 0 Å². The molecule has 0 fully saturated rings. The van der Waals surface area contributed by atoms with Crippen LogP contribution in [0.5, 0.6) is 0 Å². The van der Waals surface area contributed by atoms with Crippen molar-refractivity contribution < 1.29 is 8.78 Å². The molecule has 2 aromatic carbocycles. The smallest absolute Gasteiger partial charge is 0.141 e. The lowest BCUT2D eigenvalue weighted by atomic mass is 9.98. The van der Waals surface area contributed by atoms with Gasteiger partial charge in [0, 0.05) is 6.04 Å². The standard InChI is InChI=1S/C16H15BrClF2N/c1-2-21-15(10-6-7-13(19)12(18)8-10)9-11-4-3-5-14(20)16(11)17/h3-8,15,21H,2,9H2,1H3. The van der Waals surface area contributed by atoms with Gasteiger partial charge in [-0.15, -0.1) is 0 Å². The molecule has 0 aromatic heterocycles. The Morgan fingerprint density at radius 3 is 2.62 bits per heavy atom. The van der Waals surface area contributed by atoms with Gasteiger partial charge in [-0.1, -0.05) is 36.7 Å². The van der Waals surface area contributed by atoms with Gasteiger partial charge < -0.3 is 5.32 Å². The molecular formula is C16H15BrClF2N. The first-order chi connectivity index (χ1) is 10.0. The Labute approximate surface area is 136 Å². The van der Waals surface area contributed by atoms with Gasteiger partial charge in [-0.25, -0.2) is 8.78 Å². The van der Waals surface area contributed by atoms with Gasteiger partial charge in [0.25, 0.3) is 0 Å². The minimum atomic E-state index is -0.442. The summed E-state index contributed by atoms with van der Waals surface area (Å²) in [5.74, 6) is -0.734. The summed E-state index contributed by atoms with van der Waals surface area (Å²) < 4.78 is 27.3. The van der Waals surface area contributed by atoms with Crippen LogP contribution in [-0.2, 0) is 6.42 Å². The largest absolute Gasteiger partial charge is 0.310 e. The van der Waals surface area contributed by atoms with Crippen molar-refractivity contribution in [2.45, 2.75) is 19.4 Å². The first kappa shape index (κ1) is 16.4. The van der Waals surface area contributed by atoms with E-state index in [2.05, 4.69) is 21.2 Å². The zero-order chi connectivity index (χ0) is 15.4. The molecule has 1 nitrogen and oxygen atoms in total. The van der Waals surface area contributed by atoms with E-state index in [-0.39, 0.29) is 16.9 Å². The molecule has 2 aromatic rings. The minimum absolute atomic E-state index is 0.0637. The number of hydrogen-bond acceptors (Lipinski definition) is 1. The fraction of sp³-hybridized carbons (Fsp3) is 0.250. The van der Waals surface area contributed by atoms with E-state index in [1.165, 1.54) is 12.1 Å². The van der Waals surface area contributed by atoms with Gasteiger partial charge in [0.15, 0.2) is 0 Å². The first-order valence-corrected chi connectivity index (χ1v) is 7.81. The van der Waals surface area contributed by atoms with Crippen molar-refractivity contribution in [3.8, 4) is 0 Å². The fourth-order valence-electron chi connectivity index (χ4n) is 2.21. The number of benzene rings is 2. The molecule has 0 bridgehead atoms. The third-order valence-electron chi connectivity index (χ3n) is 3.25. The average molecular weight is 375 g/mol. The Morgan fingerprint density at radius 1 is 1.19 bits per heavy atom. The second kappa shape index (κ2) is 7.34. The van der Waals surface area contributed by atoms with Gasteiger partial charge in [0.2, 0.25) is 0 Å². The van der Waals surface area contributed by atoms with E-state index in [1.807, 2.05) is 13.0 Å². The molecule has 0 aliphatic rings. The quantitative estimate of drug-likeness (QED) is 0.751. The number of likely N-dealkylation sites (N-methyl/N-ethyl adjacent to an activating group) is 1. The summed E-state index contributed by atoms with van der Waals surface area (Å²) in [5, 5.41) is 3.41. The Morgan fingerprint density at radius 2 is 1.95 bits per heavy atom. The van der Waals surface area contributed by atoms with Crippen molar-refractivity contribution in [3.63, 3.8) is 0 Å². The van der Waals surface area contributed by atoms with E-state index in [0.29, 0.717) is 10.9 Å². The highest BCUT2D eigenvalue weighted by Crippen LogP contribution is 2.28. The molecule has 21 heavy (non-hydrogen) atoms. The summed E-state index contributed by atoms with van der Waals surface area (Å²) in [6, 6.07) is 9.54. The van der Waals surface area contributed by atoms with Gasteiger partial charge in [-0.05, 0) is 58.2 Å². The van der Waals surface area contributed by atoms with Crippen LogP contribution in [0, 0.1) is 11.6 Å². The van der Waals surface area contributed by atoms with Crippen molar-refractivity contribution in [3.05, 3.63) is 68.7 Å². The van der Waals surface area contributed by atoms with Gasteiger partial charge >= 0.3 is 0 Å². The monoisotopic (exact) mass is 373 g/mol. The van der Waals surface area contributed by atoms with E-state index < -0.39 is 5.82 Å². The summed E-state index contributed by atoms with van der Waals surface area (Å²) in [6.45, 7) is 2.73. The third-order valence-corrected chi connectivity index (χ3v) is 4.43. The Kier molecular flexibility index (Phi) is 5.73. The highest BCUT2D eigenvalue weighted by molar-refractivity contribution is 9.10. The number of nitrogens with one attached hydrogen (secondary N) is 1. The normalized spacial score (nSPS) is 12.4. The second-order valence-corrected chi connectivity index (χ2v) is 5.90. The van der Waals surface area contributed by atoms with Crippen LogP contribution in [0.4, 0.5) is 8.78 Å². The van der Waals surface area contributed by atoms with Gasteiger partial charge in [0.1, 0.15) is 11.6 Å². The van der Waals surface area contributed by atoms with Crippen molar-refractivity contribution in [1.29, 1.82) is 0 Å². The lowest BCUT2D eigenvalue weighted by Gasteiger charge is -2.20. The molecule has 2 rings (SSSR count). The Bertz CT molecular complexity index is 634. The van der Waals surface area contributed by atoms with E-state index in [9.17, 15) is 8.78 Å². The Balaban J connectivity index is 2.30. The molecule has 0 saturated heterocycles. The summed E-state index contributed by atoms with van der Waals surface area (Å²) in [7, 11) is 0. The maximum Gasteiger partial charge on any atom is 0.141 e. The van der Waals surface area contributed by atoms with Crippen molar-refractivity contribution in [1.82, 2.24) is 5.32 Å². The van der Waals surface area contributed by atoms with Crippen molar-refractivity contribution in [2.75, 3.05) is 6.54 Å². The minimum Gasteiger partial charge on any atom is -0.310 e. The Hall–Kier alpha value is -0.970. The molecule has 1 atom stereocenters. The molecular weight excluding hydrogens is 360 g/mol. The average Bonchev–Trinajstić information content (AvgIpc) is 2.46. The zero-order valence-electron chi connectivity index (χ0n) is 11.5. The predicted octanol–water partition coefficient (Wildman–Crippen LogP) is 5.27. The fourth-order valence-corrected chi connectivity index (χ4v) is 2.82. The molecule has 5 heteroatoms. The zero-order valence-corrected chi connectivity index (χ0v) is 13.8. The summed E-state index contributed by atoms with van der Waals surface area (Å²) in [6.07, 6.45) is 0.578. The SMILES string of the molecule is CCNC(Cc1cccc(F)c1Br)c1ccc(F)c(Cl)c1. The maximum atomic E-state index is 13.6. The first-order valence-electron chi connectivity index (χ1n) is 6.64. The van der Waals surface area contributed by atoms with Crippen LogP contribution >= 0.6 is 27.5 Å². The molecule has 0 saturated carbocycles. The number of rotatable bonds is 5. The summed E-state index contributed by atoms with van der Waals surface area (Å²) >= 11 is 9.12. The molecule has 0 radical (unpaired) electrons. The summed E-state index contributed by atoms with van der Waals surface area (Å²) in [5.41, 5.74) is 1.72. The molecule has 0 amide bonds. The van der Waals surface area contributed by atoms with E-state index in [0.717, 1.165) is 17.7 Å². The molecule has 0 aliphatic heterocycles. The lowest BCUT2D eigenvalue weighted by Crippen LogP contribution is -2.23. The molecule has 1 N–H and O–H groups in total. The highest BCUT2D eigenvalue weighted by Gasteiger charge is 2.15. The van der Waals surface area contributed by atoms with Crippen LogP contribution in [-0.4, -0.2) is 6.54 Å². The van der Waals surface area contributed by atoms with Crippen LogP contribution in [0.25, 0.3) is 0 Å². The van der Waals surface area contributed by atoms with Gasteiger partial charge in [-0.3, -0.25) is 0 Å².